The zero-order chi connectivity index (χ0) is 21.1. The van der Waals surface area contributed by atoms with Crippen molar-refractivity contribution in [2.24, 2.45) is 0 Å². The van der Waals surface area contributed by atoms with Gasteiger partial charge in [0.15, 0.2) is 0 Å². The zero-order valence-corrected chi connectivity index (χ0v) is 17.4. The lowest BCUT2D eigenvalue weighted by Crippen LogP contribution is -2.46. The average Bonchev–Trinajstić information content (AvgIpc) is 2.97. The number of rotatable bonds is 7. The lowest BCUT2D eigenvalue weighted by atomic mass is 9.85. The van der Waals surface area contributed by atoms with E-state index in [0.717, 1.165) is 33.8 Å². The number of methoxy groups -OCH3 is 1. The maximum absolute atomic E-state index is 13.9. The Kier molecular flexibility index (Phi) is 5.32. The molecule has 0 saturated carbocycles. The topological polar surface area (TPSA) is 41.6 Å². The van der Waals surface area contributed by atoms with Crippen LogP contribution in [0.3, 0.4) is 0 Å². The van der Waals surface area contributed by atoms with Crippen molar-refractivity contribution >= 4 is 17.3 Å². The van der Waals surface area contributed by atoms with E-state index in [4.69, 9.17) is 4.74 Å². The fraction of sp³-hybridized carbons (Fsp3) is 0.192. The molecule has 152 valence electrons. The molecule has 4 nitrogen and oxygen atoms in total. The van der Waals surface area contributed by atoms with Crippen molar-refractivity contribution in [1.82, 2.24) is 0 Å². The summed E-state index contributed by atoms with van der Waals surface area (Å²) < 4.78 is 5.27. The Morgan fingerprint density at radius 3 is 2.33 bits per heavy atom. The molecule has 1 aliphatic heterocycles. The van der Waals surface area contributed by atoms with Gasteiger partial charge in [0.05, 0.1) is 19.3 Å². The molecule has 0 radical (unpaired) electrons. The monoisotopic (exact) mass is 398 g/mol. The number of benzene rings is 3. The number of hydrogen-bond acceptors (Lipinski definition) is 3. The first kappa shape index (κ1) is 19.8. The smallest absolute Gasteiger partial charge is 0.258 e. The molecule has 4 heteroatoms. The van der Waals surface area contributed by atoms with E-state index >= 15 is 0 Å². The normalized spacial score (nSPS) is 17.5. The summed E-state index contributed by atoms with van der Waals surface area (Å²) in [4.78, 5) is 15.8. The van der Waals surface area contributed by atoms with E-state index in [1.165, 1.54) is 0 Å². The summed E-state index contributed by atoms with van der Waals surface area (Å²) in [6.45, 7) is 6.61. The molecular weight excluding hydrogens is 372 g/mol. The highest BCUT2D eigenvalue weighted by atomic mass is 16.5. The molecule has 0 saturated heterocycles. The number of para-hydroxylation sites is 1. The molecule has 0 spiro atoms. The Balaban J connectivity index is 1.78. The average molecular weight is 399 g/mol. The Bertz CT molecular complexity index is 1060. The van der Waals surface area contributed by atoms with Crippen molar-refractivity contribution in [2.75, 3.05) is 17.3 Å². The molecule has 30 heavy (non-hydrogen) atoms. The van der Waals surface area contributed by atoms with E-state index in [1.807, 2.05) is 90.7 Å². The van der Waals surface area contributed by atoms with Crippen LogP contribution in [-0.2, 0) is 16.9 Å². The van der Waals surface area contributed by atoms with Gasteiger partial charge >= 0.3 is 0 Å². The van der Waals surface area contributed by atoms with Crippen LogP contribution in [-0.4, -0.2) is 13.0 Å². The standard InChI is InChI=1S/C26H26N2O2/c1-19(2)17-26(27-21-13-15-22(30-3)16-14-21)23-11-7-8-12-24(23)28(25(26)29)18-20-9-5-4-6-10-20/h4-16,27H,1,17-18H2,2-3H3. The van der Waals surface area contributed by atoms with Crippen molar-refractivity contribution in [3.63, 3.8) is 0 Å². The van der Waals surface area contributed by atoms with Crippen LogP contribution in [0.25, 0.3) is 0 Å². The lowest BCUT2D eigenvalue weighted by molar-refractivity contribution is -0.122. The highest BCUT2D eigenvalue weighted by Gasteiger charge is 2.50. The first-order valence-corrected chi connectivity index (χ1v) is 10.1. The van der Waals surface area contributed by atoms with Gasteiger partial charge in [0.1, 0.15) is 11.3 Å². The molecule has 0 bridgehead atoms. The number of fused-ring (bicyclic) bond motifs is 1. The van der Waals surface area contributed by atoms with Crippen LogP contribution in [0, 0.1) is 0 Å². The van der Waals surface area contributed by atoms with Gasteiger partial charge in [-0.15, -0.1) is 6.58 Å². The molecule has 0 aliphatic carbocycles. The first-order valence-electron chi connectivity index (χ1n) is 10.1. The van der Waals surface area contributed by atoms with E-state index < -0.39 is 5.54 Å². The van der Waals surface area contributed by atoms with E-state index in [0.29, 0.717) is 13.0 Å². The molecule has 1 heterocycles. The van der Waals surface area contributed by atoms with Crippen LogP contribution in [0.1, 0.15) is 24.5 Å². The Morgan fingerprint density at radius 1 is 1.00 bits per heavy atom. The Hall–Kier alpha value is -3.53. The van der Waals surface area contributed by atoms with Gasteiger partial charge in [-0.3, -0.25) is 4.79 Å². The molecule has 4 rings (SSSR count). The number of hydrogen-bond donors (Lipinski definition) is 1. The summed E-state index contributed by atoms with van der Waals surface area (Å²) >= 11 is 0. The van der Waals surface area contributed by atoms with Gasteiger partial charge in [0.25, 0.3) is 5.91 Å². The number of anilines is 2. The van der Waals surface area contributed by atoms with Gasteiger partial charge in [-0.1, -0.05) is 54.1 Å². The second-order valence-electron chi connectivity index (χ2n) is 7.79. The number of carbonyl (C=O) groups is 1. The summed E-state index contributed by atoms with van der Waals surface area (Å²) in [6.07, 6.45) is 0.514. The van der Waals surface area contributed by atoms with Crippen molar-refractivity contribution in [3.8, 4) is 5.75 Å². The first-order chi connectivity index (χ1) is 14.5. The van der Waals surface area contributed by atoms with Gasteiger partial charge < -0.3 is 15.0 Å². The molecule has 3 aromatic rings. The second kappa shape index (κ2) is 8.07. The number of nitrogens with zero attached hydrogens (tertiary/aromatic N) is 1. The van der Waals surface area contributed by atoms with Gasteiger partial charge in [-0.05, 0) is 42.8 Å². The lowest BCUT2D eigenvalue weighted by Gasteiger charge is -2.31. The SMILES string of the molecule is C=C(C)CC1(Nc2ccc(OC)cc2)C(=O)N(Cc2ccccc2)c2ccccc21. The third-order valence-corrected chi connectivity index (χ3v) is 5.46. The van der Waals surface area contributed by atoms with Crippen LogP contribution in [0.2, 0.25) is 0 Å². The third kappa shape index (κ3) is 3.57. The minimum absolute atomic E-state index is 0.0337. The van der Waals surface area contributed by atoms with E-state index in [9.17, 15) is 4.79 Å². The molecule has 3 aromatic carbocycles. The van der Waals surface area contributed by atoms with E-state index in [1.54, 1.807) is 7.11 Å². The minimum Gasteiger partial charge on any atom is -0.497 e. The molecule has 1 aliphatic rings. The number of carbonyl (C=O) groups excluding carboxylic acids is 1. The van der Waals surface area contributed by atoms with Crippen LogP contribution in [0.5, 0.6) is 5.75 Å². The van der Waals surface area contributed by atoms with E-state index in [2.05, 4.69) is 11.9 Å². The van der Waals surface area contributed by atoms with Crippen molar-refractivity contribution in [2.45, 2.75) is 25.4 Å². The fourth-order valence-electron chi connectivity index (χ4n) is 4.16. The van der Waals surface area contributed by atoms with E-state index in [-0.39, 0.29) is 5.91 Å². The summed E-state index contributed by atoms with van der Waals surface area (Å²) in [7, 11) is 1.64. The number of amides is 1. The zero-order valence-electron chi connectivity index (χ0n) is 17.4. The van der Waals surface area contributed by atoms with Crippen LogP contribution < -0.4 is 15.0 Å². The van der Waals surface area contributed by atoms with Crippen LogP contribution in [0.4, 0.5) is 11.4 Å². The van der Waals surface area contributed by atoms with Gasteiger partial charge in [0, 0.05) is 17.7 Å². The number of ether oxygens (including phenoxy) is 1. The molecule has 1 N–H and O–H groups in total. The molecule has 1 atom stereocenters. The third-order valence-electron chi connectivity index (χ3n) is 5.46. The predicted octanol–water partition coefficient (Wildman–Crippen LogP) is 5.52. The van der Waals surface area contributed by atoms with Crippen LogP contribution >= 0.6 is 0 Å². The largest absolute Gasteiger partial charge is 0.497 e. The van der Waals surface area contributed by atoms with Gasteiger partial charge in [-0.25, -0.2) is 0 Å². The van der Waals surface area contributed by atoms with Crippen molar-refractivity contribution in [3.05, 3.63) is 102 Å². The highest BCUT2D eigenvalue weighted by molar-refractivity contribution is 6.09. The summed E-state index contributed by atoms with van der Waals surface area (Å²) in [5, 5.41) is 3.55. The van der Waals surface area contributed by atoms with Gasteiger partial charge in [-0.2, -0.15) is 0 Å². The highest BCUT2D eigenvalue weighted by Crippen LogP contribution is 2.46. The molecule has 1 unspecified atom stereocenters. The second-order valence-corrected chi connectivity index (χ2v) is 7.79. The van der Waals surface area contributed by atoms with Crippen molar-refractivity contribution < 1.29 is 9.53 Å². The van der Waals surface area contributed by atoms with Crippen LogP contribution in [0.15, 0.2) is 91.0 Å². The van der Waals surface area contributed by atoms with Gasteiger partial charge in [0.2, 0.25) is 0 Å². The quantitative estimate of drug-likeness (QED) is 0.533. The Morgan fingerprint density at radius 2 is 1.67 bits per heavy atom. The maximum atomic E-state index is 13.9. The minimum atomic E-state index is -0.897. The predicted molar refractivity (Wildman–Crippen MR) is 122 cm³/mol. The summed E-state index contributed by atoms with van der Waals surface area (Å²) in [5.41, 5.74) is 3.92. The molecule has 0 aromatic heterocycles. The van der Waals surface area contributed by atoms with Crippen molar-refractivity contribution in [1.29, 1.82) is 0 Å². The number of nitrogens with one attached hydrogen (secondary N) is 1. The Labute approximate surface area is 177 Å². The molecule has 0 fully saturated rings. The molecule has 1 amide bonds. The summed E-state index contributed by atoms with van der Waals surface area (Å²) in [5.74, 6) is 0.810. The maximum Gasteiger partial charge on any atom is 0.258 e. The molecular formula is C26H26N2O2. The fourth-order valence-corrected chi connectivity index (χ4v) is 4.16. The summed E-state index contributed by atoms with van der Waals surface area (Å²) in [6, 6.07) is 25.8.